The van der Waals surface area contributed by atoms with Crippen LogP contribution in [0.2, 0.25) is 0 Å². The van der Waals surface area contributed by atoms with Crippen LogP contribution in [0.3, 0.4) is 0 Å². The first-order valence-electron chi connectivity index (χ1n) is 6.14. The highest BCUT2D eigenvalue weighted by molar-refractivity contribution is 7.99. The van der Waals surface area contributed by atoms with Crippen molar-refractivity contribution in [3.05, 3.63) is 0 Å². The Kier molecular flexibility index (Phi) is 4.00. The Morgan fingerprint density at radius 3 is 2.94 bits per heavy atom. The van der Waals surface area contributed by atoms with Gasteiger partial charge in [-0.15, -0.1) is 0 Å². The number of carboxylic acid groups (broad SMARTS) is 1. The third-order valence-corrected chi connectivity index (χ3v) is 5.12. The van der Waals surface area contributed by atoms with Crippen LogP contribution in [0.4, 0.5) is 0 Å². The maximum absolute atomic E-state index is 11.2. The number of nitrogens with zero attached hydrogens (tertiary/aromatic N) is 1. The summed E-state index contributed by atoms with van der Waals surface area (Å²) in [5.41, 5.74) is 0.314. The first kappa shape index (κ1) is 13.2. The van der Waals surface area contributed by atoms with E-state index >= 15 is 0 Å². The topological polar surface area (TPSA) is 49.8 Å². The lowest BCUT2D eigenvalue weighted by molar-refractivity contribution is -0.151. The van der Waals surface area contributed by atoms with Gasteiger partial charge in [-0.3, -0.25) is 9.69 Å². The van der Waals surface area contributed by atoms with Crippen LogP contribution in [-0.4, -0.2) is 59.3 Å². The largest absolute Gasteiger partial charge is 0.480 e. The van der Waals surface area contributed by atoms with Gasteiger partial charge in [0.1, 0.15) is 6.04 Å². The fraction of sp³-hybridized carbons (Fsp3) is 0.917. The Bertz CT molecular complexity index is 295. The van der Waals surface area contributed by atoms with Crippen LogP contribution in [0.1, 0.15) is 20.3 Å². The van der Waals surface area contributed by atoms with Crippen LogP contribution in [-0.2, 0) is 9.53 Å². The summed E-state index contributed by atoms with van der Waals surface area (Å²) in [7, 11) is 0. The molecule has 5 heteroatoms. The van der Waals surface area contributed by atoms with E-state index in [2.05, 4.69) is 18.7 Å². The molecule has 1 N–H and O–H groups in total. The van der Waals surface area contributed by atoms with E-state index in [1.807, 2.05) is 11.8 Å². The van der Waals surface area contributed by atoms with Crippen LogP contribution in [0.25, 0.3) is 0 Å². The summed E-state index contributed by atoms with van der Waals surface area (Å²) in [5, 5.41) is 9.24. The number of hydrogen-bond acceptors (Lipinski definition) is 4. The van der Waals surface area contributed by atoms with Gasteiger partial charge in [-0.25, -0.2) is 0 Å². The summed E-state index contributed by atoms with van der Waals surface area (Å²) in [6.07, 6.45) is 1.09. The highest BCUT2D eigenvalue weighted by Crippen LogP contribution is 2.36. The quantitative estimate of drug-likeness (QED) is 0.810. The normalized spacial score (nSPS) is 34.5. The van der Waals surface area contributed by atoms with Gasteiger partial charge in [0.05, 0.1) is 13.2 Å². The average Bonchev–Trinajstić information content (AvgIpc) is 2.27. The molecule has 0 bridgehead atoms. The molecule has 2 aliphatic heterocycles. The standard InChI is InChI=1S/C12H21NO3S/c1-12(2)5-9(7-17-8-12)13-3-4-16-6-10(13)11(14)15/h9-10H,3-8H2,1-2H3,(H,14,15). The Hall–Kier alpha value is -0.260. The number of aliphatic carboxylic acids is 1. The van der Waals surface area contributed by atoms with Gasteiger partial charge in [-0.05, 0) is 17.6 Å². The molecular formula is C12H21NO3S. The van der Waals surface area contributed by atoms with Gasteiger partial charge in [-0.1, -0.05) is 13.8 Å². The number of thioether (sulfide) groups is 1. The third kappa shape index (κ3) is 3.14. The van der Waals surface area contributed by atoms with Crippen LogP contribution in [0.15, 0.2) is 0 Å². The molecule has 2 atom stereocenters. The van der Waals surface area contributed by atoms with Crippen LogP contribution in [0, 0.1) is 5.41 Å². The second-order valence-corrected chi connectivity index (χ2v) is 6.73. The summed E-state index contributed by atoms with van der Waals surface area (Å²) >= 11 is 1.94. The van der Waals surface area contributed by atoms with Crippen molar-refractivity contribution in [2.75, 3.05) is 31.3 Å². The number of rotatable bonds is 2. The van der Waals surface area contributed by atoms with Crippen molar-refractivity contribution < 1.29 is 14.6 Å². The molecule has 0 aromatic heterocycles. The highest BCUT2D eigenvalue weighted by Gasteiger charge is 2.38. The number of morpholine rings is 1. The Labute approximate surface area is 107 Å². The van der Waals surface area contributed by atoms with Gasteiger partial charge in [0.2, 0.25) is 0 Å². The van der Waals surface area contributed by atoms with Crippen LogP contribution in [0.5, 0.6) is 0 Å². The number of ether oxygens (including phenoxy) is 1. The Balaban J connectivity index is 2.05. The minimum absolute atomic E-state index is 0.314. The van der Waals surface area contributed by atoms with E-state index in [1.54, 1.807) is 0 Å². The fourth-order valence-electron chi connectivity index (χ4n) is 2.71. The van der Waals surface area contributed by atoms with E-state index in [0.29, 0.717) is 24.7 Å². The molecule has 17 heavy (non-hydrogen) atoms. The first-order valence-corrected chi connectivity index (χ1v) is 7.29. The highest BCUT2D eigenvalue weighted by atomic mass is 32.2. The first-order chi connectivity index (χ1) is 7.99. The number of hydrogen-bond donors (Lipinski definition) is 1. The molecule has 0 saturated carbocycles. The molecule has 2 unspecified atom stereocenters. The fourth-order valence-corrected chi connectivity index (χ4v) is 4.08. The molecule has 2 aliphatic rings. The van der Waals surface area contributed by atoms with E-state index in [-0.39, 0.29) is 0 Å². The van der Waals surface area contributed by atoms with Crippen molar-refractivity contribution in [3.8, 4) is 0 Å². The number of carboxylic acids is 1. The van der Waals surface area contributed by atoms with Crippen LogP contribution < -0.4 is 0 Å². The lowest BCUT2D eigenvalue weighted by atomic mass is 9.86. The van der Waals surface area contributed by atoms with E-state index in [0.717, 1.165) is 18.7 Å². The average molecular weight is 259 g/mol. The molecule has 0 aromatic carbocycles. The predicted octanol–water partition coefficient (Wildman–Crippen LogP) is 1.30. The lowest BCUT2D eigenvalue weighted by Crippen LogP contribution is -2.56. The maximum Gasteiger partial charge on any atom is 0.323 e. The van der Waals surface area contributed by atoms with Gasteiger partial charge in [0.25, 0.3) is 0 Å². The monoisotopic (exact) mass is 259 g/mol. The molecule has 0 aromatic rings. The molecular weight excluding hydrogens is 238 g/mol. The molecule has 2 rings (SSSR count). The summed E-state index contributed by atoms with van der Waals surface area (Å²) in [5.74, 6) is 1.47. The molecule has 0 aliphatic carbocycles. The van der Waals surface area contributed by atoms with E-state index in [1.165, 1.54) is 5.75 Å². The molecule has 98 valence electrons. The maximum atomic E-state index is 11.2. The van der Waals surface area contributed by atoms with E-state index in [9.17, 15) is 9.90 Å². The molecule has 0 spiro atoms. The molecule has 4 nitrogen and oxygen atoms in total. The minimum atomic E-state index is -0.752. The number of carbonyl (C=O) groups is 1. The van der Waals surface area contributed by atoms with E-state index in [4.69, 9.17) is 4.74 Å². The smallest absolute Gasteiger partial charge is 0.323 e. The second-order valence-electron chi connectivity index (χ2n) is 5.70. The van der Waals surface area contributed by atoms with Crippen molar-refractivity contribution in [1.29, 1.82) is 0 Å². The SMILES string of the molecule is CC1(C)CSCC(N2CCOCC2C(=O)O)C1. The molecule has 2 fully saturated rings. The Morgan fingerprint density at radius 2 is 2.29 bits per heavy atom. The summed E-state index contributed by atoms with van der Waals surface area (Å²) in [6, 6.07) is -0.0722. The van der Waals surface area contributed by atoms with Crippen molar-refractivity contribution in [3.63, 3.8) is 0 Å². The third-order valence-electron chi connectivity index (χ3n) is 3.52. The van der Waals surface area contributed by atoms with E-state index < -0.39 is 12.0 Å². The Morgan fingerprint density at radius 1 is 1.53 bits per heavy atom. The zero-order chi connectivity index (χ0) is 12.5. The predicted molar refractivity (Wildman–Crippen MR) is 68.5 cm³/mol. The van der Waals surface area contributed by atoms with Crippen molar-refractivity contribution >= 4 is 17.7 Å². The van der Waals surface area contributed by atoms with Gasteiger partial charge in [0, 0.05) is 18.3 Å². The van der Waals surface area contributed by atoms with Crippen molar-refractivity contribution in [2.24, 2.45) is 5.41 Å². The van der Waals surface area contributed by atoms with Crippen molar-refractivity contribution in [2.45, 2.75) is 32.4 Å². The zero-order valence-corrected chi connectivity index (χ0v) is 11.3. The van der Waals surface area contributed by atoms with Gasteiger partial charge >= 0.3 is 5.97 Å². The summed E-state index contributed by atoms with van der Waals surface area (Å²) < 4.78 is 5.29. The molecule has 0 radical (unpaired) electrons. The molecule has 2 heterocycles. The van der Waals surface area contributed by atoms with Gasteiger partial charge < -0.3 is 9.84 Å². The van der Waals surface area contributed by atoms with Crippen molar-refractivity contribution in [1.82, 2.24) is 4.90 Å². The molecule has 0 amide bonds. The summed E-state index contributed by atoms with van der Waals surface area (Å²) in [6.45, 7) is 6.27. The summed E-state index contributed by atoms with van der Waals surface area (Å²) in [4.78, 5) is 13.4. The van der Waals surface area contributed by atoms with Gasteiger partial charge in [0.15, 0.2) is 0 Å². The van der Waals surface area contributed by atoms with Gasteiger partial charge in [-0.2, -0.15) is 11.8 Å². The zero-order valence-electron chi connectivity index (χ0n) is 10.5. The lowest BCUT2D eigenvalue weighted by Gasteiger charge is -2.44. The second kappa shape index (κ2) is 5.16. The minimum Gasteiger partial charge on any atom is -0.480 e. The molecule has 2 saturated heterocycles. The van der Waals surface area contributed by atoms with Crippen LogP contribution >= 0.6 is 11.8 Å².